The van der Waals surface area contributed by atoms with E-state index in [1.165, 1.54) is 0 Å². The molecule has 32 heavy (non-hydrogen) atoms. The number of ether oxygens (including phenoxy) is 2. The van der Waals surface area contributed by atoms with Gasteiger partial charge in [0.2, 0.25) is 0 Å². The number of ketones is 1. The lowest BCUT2D eigenvalue weighted by molar-refractivity contribution is 0.0405. The predicted molar refractivity (Wildman–Crippen MR) is 117 cm³/mol. The van der Waals surface area contributed by atoms with Gasteiger partial charge in [0.15, 0.2) is 17.1 Å². The minimum atomic E-state index is -0.244. The number of piperidine rings is 1. The van der Waals surface area contributed by atoms with Crippen LogP contribution < -0.4 is 9.47 Å². The number of carbonyl (C=O) groups is 2. The summed E-state index contributed by atoms with van der Waals surface area (Å²) in [5, 5.41) is 4.49. The van der Waals surface area contributed by atoms with E-state index < -0.39 is 0 Å². The molecule has 8 nitrogen and oxygen atoms in total. The summed E-state index contributed by atoms with van der Waals surface area (Å²) < 4.78 is 13.1. The van der Waals surface area contributed by atoms with Gasteiger partial charge in [-0.25, -0.2) is 9.50 Å². The molecule has 1 amide bonds. The lowest BCUT2D eigenvalue weighted by Gasteiger charge is -2.38. The number of fused-ring (bicyclic) bond motifs is 2. The number of Topliss-reactive ketones (excluding diaryl/α,β-unsaturated/α-hetero) is 1. The first-order valence-electron chi connectivity index (χ1n) is 10.9. The third kappa shape index (κ3) is 3.59. The number of aryl methyl sites for hydroxylation is 2. The van der Waals surface area contributed by atoms with Crippen LogP contribution in [-0.2, 0) is 0 Å². The number of nitrogens with zero attached hydrogens (tertiary/aromatic N) is 4. The molecule has 0 saturated carbocycles. The Kier molecular flexibility index (Phi) is 5.07. The van der Waals surface area contributed by atoms with Gasteiger partial charge in [-0.05, 0) is 51.0 Å². The van der Waals surface area contributed by atoms with E-state index in [1.54, 1.807) is 35.9 Å². The molecule has 1 fully saturated rings. The van der Waals surface area contributed by atoms with E-state index in [2.05, 4.69) is 10.1 Å². The Bertz CT molecular complexity index is 1220. The lowest BCUT2D eigenvalue weighted by atomic mass is 9.86. The largest absolute Gasteiger partial charge is 0.497 e. The average Bonchev–Trinajstić information content (AvgIpc) is 3.23. The van der Waals surface area contributed by atoms with Crippen LogP contribution in [0.3, 0.4) is 0 Å². The molecule has 1 aromatic carbocycles. The average molecular weight is 434 g/mol. The fraction of sp³-hybridized carbons (Fsp3) is 0.417. The molecule has 0 bridgehead atoms. The van der Waals surface area contributed by atoms with Gasteiger partial charge in [0.05, 0.1) is 12.7 Å². The molecule has 2 atom stereocenters. The Morgan fingerprint density at radius 1 is 1.22 bits per heavy atom. The van der Waals surface area contributed by atoms with Crippen LogP contribution >= 0.6 is 0 Å². The second-order valence-electron chi connectivity index (χ2n) is 8.64. The van der Waals surface area contributed by atoms with Crippen LogP contribution in [-0.4, -0.2) is 57.5 Å². The standard InChI is InChI=1S/C24H26N4O4/c1-14-9-15(2)28-23(25-14)11-19(26-28)24(30)27-8-4-5-16(13-27)22-12-20(29)18-10-17(31-3)6-7-21(18)32-22/h6-7,9-11,16,22H,4-5,8,12-13H2,1-3H3. The van der Waals surface area contributed by atoms with Gasteiger partial charge in [0.25, 0.3) is 5.91 Å². The maximum Gasteiger partial charge on any atom is 0.274 e. The zero-order valence-electron chi connectivity index (χ0n) is 18.5. The van der Waals surface area contributed by atoms with Gasteiger partial charge < -0.3 is 14.4 Å². The highest BCUT2D eigenvalue weighted by molar-refractivity contribution is 6.00. The minimum absolute atomic E-state index is 0.0517. The minimum Gasteiger partial charge on any atom is -0.497 e. The second-order valence-corrected chi connectivity index (χ2v) is 8.64. The molecular formula is C24H26N4O4. The normalized spacial score (nSPS) is 20.7. The third-order valence-electron chi connectivity index (χ3n) is 6.38. The number of likely N-dealkylation sites (tertiary alicyclic amines) is 1. The Morgan fingerprint density at radius 2 is 2.06 bits per heavy atom. The highest BCUT2D eigenvalue weighted by Gasteiger charge is 2.36. The molecule has 2 unspecified atom stereocenters. The molecule has 3 aromatic rings. The van der Waals surface area contributed by atoms with Crippen molar-refractivity contribution >= 4 is 17.3 Å². The Hall–Kier alpha value is -3.42. The van der Waals surface area contributed by atoms with Gasteiger partial charge >= 0.3 is 0 Å². The van der Waals surface area contributed by atoms with Gasteiger partial charge in [0, 0.05) is 42.9 Å². The van der Waals surface area contributed by atoms with Gasteiger partial charge in [-0.1, -0.05) is 0 Å². The van der Waals surface area contributed by atoms with Gasteiger partial charge in [-0.3, -0.25) is 9.59 Å². The summed E-state index contributed by atoms with van der Waals surface area (Å²) in [4.78, 5) is 32.3. The number of hydrogen-bond acceptors (Lipinski definition) is 6. The van der Waals surface area contributed by atoms with E-state index in [1.807, 2.05) is 24.8 Å². The molecule has 166 valence electrons. The van der Waals surface area contributed by atoms with Gasteiger partial charge in [-0.2, -0.15) is 5.10 Å². The molecular weight excluding hydrogens is 408 g/mol. The van der Waals surface area contributed by atoms with E-state index in [0.717, 1.165) is 24.2 Å². The fourth-order valence-electron chi connectivity index (χ4n) is 4.77. The first kappa shape index (κ1) is 20.5. The van der Waals surface area contributed by atoms with E-state index in [9.17, 15) is 9.59 Å². The topological polar surface area (TPSA) is 86.0 Å². The zero-order valence-corrected chi connectivity index (χ0v) is 18.5. The monoisotopic (exact) mass is 434 g/mol. The number of carbonyl (C=O) groups excluding carboxylic acids is 2. The summed E-state index contributed by atoms with van der Waals surface area (Å²) in [5.74, 6) is 1.26. The van der Waals surface area contributed by atoms with Gasteiger partial charge in [0.1, 0.15) is 17.6 Å². The number of benzene rings is 1. The number of hydrogen-bond donors (Lipinski definition) is 0. The van der Waals surface area contributed by atoms with Crippen molar-refractivity contribution in [3.8, 4) is 11.5 Å². The maximum atomic E-state index is 13.2. The van der Waals surface area contributed by atoms with Crippen molar-refractivity contribution in [2.75, 3.05) is 20.2 Å². The van der Waals surface area contributed by atoms with Crippen molar-refractivity contribution < 1.29 is 19.1 Å². The number of aromatic nitrogens is 3. The predicted octanol–water partition coefficient (Wildman–Crippen LogP) is 3.24. The number of amides is 1. The van der Waals surface area contributed by atoms with Crippen molar-refractivity contribution in [3.05, 3.63) is 53.0 Å². The molecule has 1 saturated heterocycles. The van der Waals surface area contributed by atoms with Crippen molar-refractivity contribution in [1.82, 2.24) is 19.5 Å². The van der Waals surface area contributed by atoms with Crippen LogP contribution in [0.4, 0.5) is 0 Å². The van der Waals surface area contributed by atoms with E-state index in [-0.39, 0.29) is 23.7 Å². The Morgan fingerprint density at radius 3 is 2.88 bits per heavy atom. The Balaban J connectivity index is 1.34. The fourth-order valence-corrected chi connectivity index (χ4v) is 4.77. The first-order chi connectivity index (χ1) is 15.4. The summed E-state index contributed by atoms with van der Waals surface area (Å²) >= 11 is 0. The SMILES string of the molecule is COc1ccc2c(c1)C(=O)CC(C1CCCN(C(=O)c3cc4nc(C)cc(C)n4n3)C1)O2. The highest BCUT2D eigenvalue weighted by atomic mass is 16.5. The van der Waals surface area contributed by atoms with Crippen LogP contribution in [0.2, 0.25) is 0 Å². The number of methoxy groups -OCH3 is 1. The number of rotatable bonds is 3. The van der Waals surface area contributed by atoms with Crippen LogP contribution in [0.25, 0.3) is 5.65 Å². The summed E-state index contributed by atoms with van der Waals surface area (Å²) in [6, 6.07) is 9.00. The van der Waals surface area contributed by atoms with Crippen LogP contribution in [0, 0.1) is 19.8 Å². The second kappa shape index (κ2) is 7.93. The molecule has 0 aliphatic carbocycles. The quantitative estimate of drug-likeness (QED) is 0.629. The summed E-state index contributed by atoms with van der Waals surface area (Å²) in [7, 11) is 1.58. The molecule has 2 aliphatic heterocycles. The highest BCUT2D eigenvalue weighted by Crippen LogP contribution is 2.35. The third-order valence-corrected chi connectivity index (χ3v) is 6.38. The van der Waals surface area contributed by atoms with E-state index in [0.29, 0.717) is 47.9 Å². The van der Waals surface area contributed by atoms with Crippen molar-refractivity contribution in [1.29, 1.82) is 0 Å². The zero-order chi connectivity index (χ0) is 22.4. The first-order valence-corrected chi connectivity index (χ1v) is 10.9. The van der Waals surface area contributed by atoms with E-state index >= 15 is 0 Å². The van der Waals surface area contributed by atoms with Gasteiger partial charge in [-0.15, -0.1) is 0 Å². The maximum absolute atomic E-state index is 13.2. The van der Waals surface area contributed by atoms with Crippen LogP contribution in [0.1, 0.15) is 51.5 Å². The van der Waals surface area contributed by atoms with Crippen LogP contribution in [0.15, 0.2) is 30.3 Å². The molecule has 2 aliphatic rings. The molecule has 4 heterocycles. The van der Waals surface area contributed by atoms with Crippen molar-refractivity contribution in [3.63, 3.8) is 0 Å². The van der Waals surface area contributed by atoms with Crippen LogP contribution in [0.5, 0.6) is 11.5 Å². The summed E-state index contributed by atoms with van der Waals surface area (Å²) in [6.07, 6.45) is 1.84. The molecule has 2 aromatic heterocycles. The smallest absolute Gasteiger partial charge is 0.274 e. The molecule has 0 radical (unpaired) electrons. The molecule has 0 N–H and O–H groups in total. The summed E-state index contributed by atoms with van der Waals surface area (Å²) in [5.41, 5.74) is 3.46. The van der Waals surface area contributed by atoms with Crippen molar-refractivity contribution in [2.24, 2.45) is 5.92 Å². The van der Waals surface area contributed by atoms with Crippen molar-refractivity contribution in [2.45, 2.75) is 39.2 Å². The molecule has 5 rings (SSSR count). The summed E-state index contributed by atoms with van der Waals surface area (Å²) in [6.45, 7) is 5.09. The molecule has 0 spiro atoms. The van der Waals surface area contributed by atoms with E-state index in [4.69, 9.17) is 9.47 Å². The molecule has 8 heteroatoms. The lowest BCUT2D eigenvalue weighted by Crippen LogP contribution is -2.46. The Labute approximate surface area is 186 Å².